The Balaban J connectivity index is 1.73. The topological polar surface area (TPSA) is 61.2 Å². The first-order valence-electron chi connectivity index (χ1n) is 7.25. The summed E-state index contributed by atoms with van der Waals surface area (Å²) in [6, 6.07) is 4.48. The quantitative estimate of drug-likeness (QED) is 0.924. The van der Waals surface area contributed by atoms with E-state index < -0.39 is 0 Å². The largest absolute Gasteiger partial charge is 0.496 e. The third kappa shape index (κ3) is 2.06. The molecule has 1 unspecified atom stereocenters. The lowest BCUT2D eigenvalue weighted by Gasteiger charge is -2.26. The third-order valence-electron chi connectivity index (χ3n) is 4.14. The lowest BCUT2D eigenvalue weighted by molar-refractivity contribution is 0.254. The van der Waals surface area contributed by atoms with E-state index in [0.717, 1.165) is 42.3 Å². The number of fused-ring (bicyclic) bond motifs is 1. The first kappa shape index (κ1) is 12.6. The highest BCUT2D eigenvalue weighted by Gasteiger charge is 2.24. The van der Waals surface area contributed by atoms with Crippen LogP contribution in [0.2, 0.25) is 0 Å². The maximum absolute atomic E-state index is 5.83. The standard InChI is InChI=1S/C15H18N4O2/c1-9-3-10-4-15(20-2)12(5-14(10)21-9)13-8-19(18-17-13)11-6-16-7-11/h4-5,8-9,11,16H,3,6-7H2,1-2H3. The Hall–Kier alpha value is -2.08. The zero-order valence-corrected chi connectivity index (χ0v) is 12.2. The third-order valence-corrected chi connectivity index (χ3v) is 4.14. The second-order valence-corrected chi connectivity index (χ2v) is 5.69. The summed E-state index contributed by atoms with van der Waals surface area (Å²) < 4.78 is 13.3. The summed E-state index contributed by atoms with van der Waals surface area (Å²) >= 11 is 0. The summed E-state index contributed by atoms with van der Waals surface area (Å²) in [5.74, 6) is 1.75. The van der Waals surface area contributed by atoms with Gasteiger partial charge in [0.25, 0.3) is 0 Å². The highest BCUT2D eigenvalue weighted by molar-refractivity contribution is 5.70. The fourth-order valence-electron chi connectivity index (χ4n) is 2.85. The van der Waals surface area contributed by atoms with E-state index >= 15 is 0 Å². The SMILES string of the molecule is COc1cc2c(cc1-c1cn(C3CNC3)nn1)OC(C)C2. The molecule has 110 valence electrons. The molecule has 0 spiro atoms. The molecule has 6 nitrogen and oxygen atoms in total. The normalized spacial score (nSPS) is 20.8. The molecule has 1 aromatic heterocycles. The molecule has 6 heteroatoms. The van der Waals surface area contributed by atoms with Gasteiger partial charge < -0.3 is 14.8 Å². The number of nitrogens with zero attached hydrogens (tertiary/aromatic N) is 3. The number of benzene rings is 1. The van der Waals surface area contributed by atoms with Crippen molar-refractivity contribution < 1.29 is 9.47 Å². The van der Waals surface area contributed by atoms with Gasteiger partial charge in [0.2, 0.25) is 0 Å². The Bertz CT molecular complexity index is 678. The van der Waals surface area contributed by atoms with Crippen LogP contribution in [0, 0.1) is 0 Å². The molecule has 0 radical (unpaired) electrons. The summed E-state index contributed by atoms with van der Waals surface area (Å²) in [5, 5.41) is 11.8. The molecule has 2 aliphatic heterocycles. The fourth-order valence-corrected chi connectivity index (χ4v) is 2.85. The molecule has 3 heterocycles. The van der Waals surface area contributed by atoms with Gasteiger partial charge in [0.15, 0.2) is 0 Å². The predicted molar refractivity (Wildman–Crippen MR) is 77.7 cm³/mol. The van der Waals surface area contributed by atoms with E-state index in [0.29, 0.717) is 6.04 Å². The van der Waals surface area contributed by atoms with Crippen molar-refractivity contribution in [2.45, 2.75) is 25.5 Å². The van der Waals surface area contributed by atoms with Gasteiger partial charge in [-0.2, -0.15) is 0 Å². The molecule has 21 heavy (non-hydrogen) atoms. The first-order valence-corrected chi connectivity index (χ1v) is 7.25. The molecule has 0 amide bonds. The van der Waals surface area contributed by atoms with Crippen LogP contribution in [0.15, 0.2) is 18.3 Å². The zero-order valence-electron chi connectivity index (χ0n) is 12.2. The molecule has 2 aliphatic rings. The second-order valence-electron chi connectivity index (χ2n) is 5.69. The predicted octanol–water partition coefficient (Wildman–Crippen LogP) is 1.42. The number of rotatable bonds is 3. The lowest BCUT2D eigenvalue weighted by Crippen LogP contribution is -2.43. The zero-order chi connectivity index (χ0) is 14.4. The number of nitrogens with one attached hydrogen (secondary N) is 1. The van der Waals surface area contributed by atoms with Gasteiger partial charge in [-0.1, -0.05) is 5.21 Å². The van der Waals surface area contributed by atoms with Gasteiger partial charge >= 0.3 is 0 Å². The van der Waals surface area contributed by atoms with Crippen LogP contribution in [-0.2, 0) is 6.42 Å². The maximum atomic E-state index is 5.83. The molecule has 4 rings (SSSR count). The van der Waals surface area contributed by atoms with E-state index in [9.17, 15) is 0 Å². The van der Waals surface area contributed by atoms with Gasteiger partial charge in [-0.05, 0) is 19.1 Å². The molecule has 1 atom stereocenters. The van der Waals surface area contributed by atoms with E-state index in [1.165, 1.54) is 5.56 Å². The molecule has 2 aromatic rings. The van der Waals surface area contributed by atoms with Crippen molar-refractivity contribution in [2.24, 2.45) is 0 Å². The van der Waals surface area contributed by atoms with Gasteiger partial charge in [0, 0.05) is 30.6 Å². The Labute approximate surface area is 123 Å². The number of hydrogen-bond acceptors (Lipinski definition) is 5. The lowest BCUT2D eigenvalue weighted by atomic mass is 10.0. The van der Waals surface area contributed by atoms with Crippen molar-refractivity contribution in [3.8, 4) is 22.8 Å². The molecular formula is C15H18N4O2. The van der Waals surface area contributed by atoms with E-state index in [-0.39, 0.29) is 6.10 Å². The minimum atomic E-state index is 0.219. The van der Waals surface area contributed by atoms with Gasteiger partial charge in [-0.15, -0.1) is 5.10 Å². The monoisotopic (exact) mass is 286 g/mol. The van der Waals surface area contributed by atoms with Gasteiger partial charge in [-0.25, -0.2) is 4.68 Å². The summed E-state index contributed by atoms with van der Waals surface area (Å²) in [4.78, 5) is 0. The minimum Gasteiger partial charge on any atom is -0.496 e. The first-order chi connectivity index (χ1) is 10.2. The molecule has 1 saturated heterocycles. The van der Waals surface area contributed by atoms with Crippen LogP contribution < -0.4 is 14.8 Å². The summed E-state index contributed by atoms with van der Waals surface area (Å²) in [6.07, 6.45) is 3.12. The minimum absolute atomic E-state index is 0.219. The molecule has 0 bridgehead atoms. The summed E-state index contributed by atoms with van der Waals surface area (Å²) in [5.41, 5.74) is 2.95. The van der Waals surface area contributed by atoms with E-state index in [4.69, 9.17) is 9.47 Å². The highest BCUT2D eigenvalue weighted by Crippen LogP contribution is 2.39. The van der Waals surface area contributed by atoms with Crippen LogP contribution in [-0.4, -0.2) is 41.3 Å². The number of methoxy groups -OCH3 is 1. The van der Waals surface area contributed by atoms with Crippen molar-refractivity contribution in [3.05, 3.63) is 23.9 Å². The summed E-state index contributed by atoms with van der Waals surface area (Å²) in [7, 11) is 1.69. The average molecular weight is 286 g/mol. The second kappa shape index (κ2) is 4.73. The van der Waals surface area contributed by atoms with Crippen molar-refractivity contribution >= 4 is 0 Å². The Morgan fingerprint density at radius 1 is 1.38 bits per heavy atom. The Kier molecular flexibility index (Phi) is 2.85. The number of aromatic nitrogens is 3. The van der Waals surface area contributed by atoms with Crippen LogP contribution >= 0.6 is 0 Å². The maximum Gasteiger partial charge on any atom is 0.128 e. The van der Waals surface area contributed by atoms with Crippen LogP contribution in [0.25, 0.3) is 11.3 Å². The van der Waals surface area contributed by atoms with E-state index in [2.05, 4.69) is 28.6 Å². The Morgan fingerprint density at radius 2 is 2.24 bits per heavy atom. The Morgan fingerprint density at radius 3 is 2.95 bits per heavy atom. The van der Waals surface area contributed by atoms with Crippen molar-refractivity contribution in [3.63, 3.8) is 0 Å². The number of ether oxygens (including phenoxy) is 2. The van der Waals surface area contributed by atoms with Gasteiger partial charge in [-0.3, -0.25) is 0 Å². The van der Waals surface area contributed by atoms with E-state index in [1.807, 2.05) is 16.9 Å². The summed E-state index contributed by atoms with van der Waals surface area (Å²) in [6.45, 7) is 3.97. The smallest absolute Gasteiger partial charge is 0.128 e. The highest BCUT2D eigenvalue weighted by atomic mass is 16.5. The fraction of sp³-hybridized carbons (Fsp3) is 0.467. The molecular weight excluding hydrogens is 268 g/mol. The van der Waals surface area contributed by atoms with Crippen molar-refractivity contribution in [1.82, 2.24) is 20.3 Å². The van der Waals surface area contributed by atoms with Crippen molar-refractivity contribution in [2.75, 3.05) is 20.2 Å². The molecule has 0 saturated carbocycles. The molecule has 1 fully saturated rings. The molecule has 1 aromatic carbocycles. The van der Waals surface area contributed by atoms with Crippen LogP contribution in [0.4, 0.5) is 0 Å². The average Bonchev–Trinajstić information content (AvgIpc) is 3.00. The van der Waals surface area contributed by atoms with Crippen LogP contribution in [0.3, 0.4) is 0 Å². The molecule has 0 aliphatic carbocycles. The van der Waals surface area contributed by atoms with Crippen molar-refractivity contribution in [1.29, 1.82) is 0 Å². The molecule has 1 N–H and O–H groups in total. The van der Waals surface area contributed by atoms with Crippen LogP contribution in [0.5, 0.6) is 11.5 Å². The number of hydrogen-bond donors (Lipinski definition) is 1. The van der Waals surface area contributed by atoms with Gasteiger partial charge in [0.1, 0.15) is 23.3 Å². The van der Waals surface area contributed by atoms with Gasteiger partial charge in [0.05, 0.1) is 19.3 Å². The van der Waals surface area contributed by atoms with E-state index in [1.54, 1.807) is 7.11 Å². The van der Waals surface area contributed by atoms with Crippen LogP contribution in [0.1, 0.15) is 18.5 Å².